The molecule has 0 bridgehead atoms. The van der Waals surface area contributed by atoms with Gasteiger partial charge in [-0.25, -0.2) is 8.42 Å². The van der Waals surface area contributed by atoms with Crippen LogP contribution >= 0.6 is 0 Å². The minimum Gasteiger partial charge on any atom is -0.484 e. The van der Waals surface area contributed by atoms with Crippen LogP contribution in [0.2, 0.25) is 0 Å². The van der Waals surface area contributed by atoms with Gasteiger partial charge in [0.25, 0.3) is 15.9 Å². The fraction of sp³-hybridized carbons (Fsp3) is 0.0909. The lowest BCUT2D eigenvalue weighted by molar-refractivity contribution is 0.243. The predicted octanol–water partition coefficient (Wildman–Crippen LogP) is 4.42. The first-order chi connectivity index (χ1) is 14.5. The van der Waals surface area contributed by atoms with Crippen LogP contribution in [0.15, 0.2) is 88.3 Å². The van der Waals surface area contributed by atoms with E-state index in [-0.39, 0.29) is 11.5 Å². The van der Waals surface area contributed by atoms with Crippen LogP contribution in [0.1, 0.15) is 11.5 Å². The third-order valence-electron chi connectivity index (χ3n) is 4.27. The summed E-state index contributed by atoms with van der Waals surface area (Å²) in [7, 11) is -3.64. The molecule has 0 aliphatic heterocycles. The number of hydrogen-bond acceptors (Lipinski definition) is 6. The average molecular weight is 421 g/mol. The van der Waals surface area contributed by atoms with Crippen LogP contribution in [0, 0.1) is 6.92 Å². The molecule has 30 heavy (non-hydrogen) atoms. The lowest BCUT2D eigenvalue weighted by Crippen LogP contribution is -2.12. The fourth-order valence-electron chi connectivity index (χ4n) is 2.78. The van der Waals surface area contributed by atoms with Crippen LogP contribution in [0.3, 0.4) is 0 Å². The van der Waals surface area contributed by atoms with Gasteiger partial charge in [-0.1, -0.05) is 35.5 Å². The monoisotopic (exact) mass is 421 g/mol. The Labute approximate surface area is 174 Å². The Hall–Kier alpha value is -3.65. The van der Waals surface area contributed by atoms with Gasteiger partial charge in [-0.05, 0) is 61.0 Å². The van der Waals surface area contributed by atoms with Gasteiger partial charge in [0.15, 0.2) is 6.61 Å². The van der Waals surface area contributed by atoms with E-state index in [1.807, 2.05) is 31.2 Å². The summed E-state index contributed by atoms with van der Waals surface area (Å²) in [5.41, 5.74) is 2.24. The van der Waals surface area contributed by atoms with E-state index >= 15 is 0 Å². The van der Waals surface area contributed by atoms with Gasteiger partial charge < -0.3 is 9.26 Å². The predicted molar refractivity (Wildman–Crippen MR) is 112 cm³/mol. The highest BCUT2D eigenvalue weighted by Gasteiger charge is 2.14. The summed E-state index contributed by atoms with van der Waals surface area (Å²) in [4.78, 5) is 4.53. The van der Waals surface area contributed by atoms with E-state index < -0.39 is 10.0 Å². The van der Waals surface area contributed by atoms with Crippen molar-refractivity contribution in [1.29, 1.82) is 0 Å². The molecule has 0 amide bonds. The normalized spacial score (nSPS) is 11.2. The molecular formula is C22H19N3O4S. The molecule has 0 aliphatic rings. The molecule has 1 aromatic heterocycles. The molecule has 1 heterocycles. The minimum absolute atomic E-state index is 0.158. The lowest BCUT2D eigenvalue weighted by atomic mass is 10.2. The average Bonchev–Trinajstić information content (AvgIpc) is 3.22. The van der Waals surface area contributed by atoms with Gasteiger partial charge in [0.1, 0.15) is 5.75 Å². The van der Waals surface area contributed by atoms with Crippen molar-refractivity contribution in [3.05, 3.63) is 90.3 Å². The molecule has 1 N–H and O–H groups in total. The minimum atomic E-state index is -3.64. The maximum absolute atomic E-state index is 12.4. The van der Waals surface area contributed by atoms with Crippen molar-refractivity contribution >= 4 is 15.7 Å². The highest BCUT2D eigenvalue weighted by atomic mass is 32.2. The van der Waals surface area contributed by atoms with Crippen molar-refractivity contribution in [3.8, 4) is 17.1 Å². The Kier molecular flexibility index (Phi) is 5.49. The number of ether oxygens (including phenoxy) is 1. The molecule has 0 atom stereocenters. The van der Waals surface area contributed by atoms with Gasteiger partial charge in [-0.2, -0.15) is 4.98 Å². The van der Waals surface area contributed by atoms with E-state index in [4.69, 9.17) is 9.26 Å². The third-order valence-corrected chi connectivity index (χ3v) is 5.67. The topological polar surface area (TPSA) is 94.3 Å². The summed E-state index contributed by atoms with van der Waals surface area (Å²) in [6.07, 6.45) is 0. The van der Waals surface area contributed by atoms with Crippen molar-refractivity contribution in [3.63, 3.8) is 0 Å². The quantitative estimate of drug-likeness (QED) is 0.475. The molecule has 0 saturated carbocycles. The summed E-state index contributed by atoms with van der Waals surface area (Å²) < 4.78 is 38.3. The highest BCUT2D eigenvalue weighted by molar-refractivity contribution is 7.92. The van der Waals surface area contributed by atoms with Gasteiger partial charge in [0.2, 0.25) is 5.82 Å². The standard InChI is InChI=1S/C22H19N3O4S/c1-16-6-5-7-19(14-16)28-15-21-23-22(24-29-21)17-10-12-18(13-11-17)25-30(26,27)20-8-3-2-4-9-20/h2-14,25H,15H2,1H3. The summed E-state index contributed by atoms with van der Waals surface area (Å²) in [5, 5.41) is 3.96. The molecule has 0 fully saturated rings. The number of nitrogens with one attached hydrogen (secondary N) is 1. The number of rotatable bonds is 7. The van der Waals surface area contributed by atoms with Crippen LogP contribution in [-0.4, -0.2) is 18.6 Å². The van der Waals surface area contributed by atoms with E-state index in [0.717, 1.165) is 11.3 Å². The second kappa shape index (κ2) is 8.38. The Balaban J connectivity index is 1.42. The van der Waals surface area contributed by atoms with Gasteiger partial charge in [-0.3, -0.25) is 4.72 Å². The van der Waals surface area contributed by atoms with Crippen molar-refractivity contribution in [1.82, 2.24) is 10.1 Å². The largest absolute Gasteiger partial charge is 0.484 e. The summed E-state index contributed by atoms with van der Waals surface area (Å²) in [5.74, 6) is 1.47. The maximum atomic E-state index is 12.4. The van der Waals surface area contributed by atoms with Crippen molar-refractivity contribution in [2.75, 3.05) is 4.72 Å². The second-order valence-electron chi connectivity index (χ2n) is 6.61. The zero-order valence-electron chi connectivity index (χ0n) is 16.1. The first-order valence-electron chi connectivity index (χ1n) is 9.20. The molecule has 0 unspecified atom stereocenters. The molecule has 4 rings (SSSR count). The highest BCUT2D eigenvalue weighted by Crippen LogP contribution is 2.22. The van der Waals surface area contributed by atoms with Crippen LogP contribution in [-0.2, 0) is 16.6 Å². The first kappa shape index (κ1) is 19.7. The van der Waals surface area contributed by atoms with Gasteiger partial charge >= 0.3 is 0 Å². The molecule has 0 spiro atoms. The summed E-state index contributed by atoms with van der Waals surface area (Å²) >= 11 is 0. The van der Waals surface area contributed by atoms with Crippen LogP contribution < -0.4 is 9.46 Å². The van der Waals surface area contributed by atoms with Crippen molar-refractivity contribution in [2.45, 2.75) is 18.4 Å². The summed E-state index contributed by atoms with van der Waals surface area (Å²) in [6.45, 7) is 2.15. The van der Waals surface area contributed by atoms with E-state index in [9.17, 15) is 8.42 Å². The molecule has 8 heteroatoms. The molecule has 0 saturated heterocycles. The van der Waals surface area contributed by atoms with E-state index in [0.29, 0.717) is 23.0 Å². The Bertz CT molecular complexity index is 1240. The Morgan fingerprint density at radius 1 is 0.967 bits per heavy atom. The SMILES string of the molecule is Cc1cccc(OCc2nc(-c3ccc(NS(=O)(=O)c4ccccc4)cc3)no2)c1. The van der Waals surface area contributed by atoms with E-state index in [1.54, 1.807) is 42.5 Å². The number of sulfonamides is 1. The molecule has 0 radical (unpaired) electrons. The van der Waals surface area contributed by atoms with Gasteiger partial charge in [0, 0.05) is 11.3 Å². The van der Waals surface area contributed by atoms with Crippen LogP contribution in [0.5, 0.6) is 5.75 Å². The Morgan fingerprint density at radius 3 is 2.47 bits per heavy atom. The lowest BCUT2D eigenvalue weighted by Gasteiger charge is -2.08. The Morgan fingerprint density at radius 2 is 1.73 bits per heavy atom. The zero-order chi connectivity index (χ0) is 21.0. The molecular weight excluding hydrogens is 402 g/mol. The van der Waals surface area contributed by atoms with Crippen LogP contribution in [0.4, 0.5) is 5.69 Å². The van der Waals surface area contributed by atoms with Crippen molar-refractivity contribution in [2.24, 2.45) is 0 Å². The van der Waals surface area contributed by atoms with Crippen molar-refractivity contribution < 1.29 is 17.7 Å². The number of aryl methyl sites for hydroxylation is 1. The molecule has 152 valence electrons. The molecule has 0 aliphatic carbocycles. The van der Waals surface area contributed by atoms with E-state index in [1.165, 1.54) is 12.1 Å². The molecule has 7 nitrogen and oxygen atoms in total. The second-order valence-corrected chi connectivity index (χ2v) is 8.30. The number of hydrogen-bond donors (Lipinski definition) is 1. The fourth-order valence-corrected chi connectivity index (χ4v) is 3.86. The maximum Gasteiger partial charge on any atom is 0.264 e. The van der Waals surface area contributed by atoms with Crippen LogP contribution in [0.25, 0.3) is 11.4 Å². The molecule has 3 aromatic carbocycles. The summed E-state index contributed by atoms with van der Waals surface area (Å²) in [6, 6.07) is 22.6. The van der Waals surface area contributed by atoms with Gasteiger partial charge in [-0.15, -0.1) is 0 Å². The third kappa shape index (κ3) is 4.66. The zero-order valence-corrected chi connectivity index (χ0v) is 17.0. The van der Waals surface area contributed by atoms with E-state index in [2.05, 4.69) is 14.9 Å². The number of aromatic nitrogens is 2. The molecule has 4 aromatic rings. The number of nitrogens with zero attached hydrogens (tertiary/aromatic N) is 2. The number of anilines is 1. The first-order valence-corrected chi connectivity index (χ1v) is 10.7. The number of benzene rings is 3. The smallest absolute Gasteiger partial charge is 0.264 e. The van der Waals surface area contributed by atoms with Gasteiger partial charge in [0.05, 0.1) is 4.90 Å².